The number of hydrogen-bond donors (Lipinski definition) is 1. The summed E-state index contributed by atoms with van der Waals surface area (Å²) in [6.07, 6.45) is 8.95. The molecule has 1 aromatic carbocycles. The Bertz CT molecular complexity index is 1360. The van der Waals surface area contributed by atoms with E-state index in [4.69, 9.17) is 32.7 Å². The molecule has 0 bridgehead atoms. The molecule has 6 rings (SSSR count). The average molecular weight is 497 g/mol. The number of halogens is 2. The van der Waals surface area contributed by atoms with E-state index in [0.29, 0.717) is 32.5 Å². The first-order chi connectivity index (χ1) is 16.5. The van der Waals surface area contributed by atoms with Gasteiger partial charge >= 0.3 is 0 Å². The Morgan fingerprint density at radius 2 is 1.74 bits per heavy atom. The number of nitrogens with zero attached hydrogens (tertiary/aromatic N) is 5. The summed E-state index contributed by atoms with van der Waals surface area (Å²) in [5, 5.41) is 9.33. The number of pyridine rings is 1. The normalized spacial score (nSPS) is 17.0. The molecule has 2 fully saturated rings. The second kappa shape index (κ2) is 7.99. The minimum absolute atomic E-state index is 0.432. The lowest BCUT2D eigenvalue weighted by Gasteiger charge is -2.39. The molecule has 10 heteroatoms. The Morgan fingerprint density at radius 3 is 2.38 bits per heavy atom. The summed E-state index contributed by atoms with van der Waals surface area (Å²) < 4.78 is 11.8. The van der Waals surface area contributed by atoms with Gasteiger partial charge in [-0.15, -0.1) is 0 Å². The summed E-state index contributed by atoms with van der Waals surface area (Å²) in [6.45, 7) is 3.99. The highest BCUT2D eigenvalue weighted by Crippen LogP contribution is 2.53. The molecule has 8 nitrogen and oxygen atoms in total. The molecule has 1 saturated heterocycles. The molecule has 2 aliphatic rings. The van der Waals surface area contributed by atoms with Gasteiger partial charge in [-0.25, -0.2) is 9.97 Å². The molecule has 4 aromatic rings. The van der Waals surface area contributed by atoms with E-state index in [0.717, 1.165) is 41.2 Å². The molecule has 1 aliphatic heterocycles. The third-order valence-electron chi connectivity index (χ3n) is 6.65. The highest BCUT2D eigenvalue weighted by molar-refractivity contribution is 6.35. The molecule has 0 radical (unpaired) electrons. The third kappa shape index (κ3) is 3.61. The van der Waals surface area contributed by atoms with Gasteiger partial charge in [0.1, 0.15) is 11.8 Å². The van der Waals surface area contributed by atoms with Gasteiger partial charge in [0.25, 0.3) is 0 Å². The Hall–Kier alpha value is -3.10. The van der Waals surface area contributed by atoms with Gasteiger partial charge in [-0.1, -0.05) is 23.2 Å². The van der Waals surface area contributed by atoms with E-state index >= 15 is 0 Å². The summed E-state index contributed by atoms with van der Waals surface area (Å²) >= 11 is 12.7. The molecular weight excluding hydrogens is 475 g/mol. The number of benzene rings is 1. The van der Waals surface area contributed by atoms with E-state index in [1.165, 1.54) is 12.8 Å². The fourth-order valence-electron chi connectivity index (χ4n) is 4.56. The number of methoxy groups -OCH3 is 1. The Balaban J connectivity index is 1.31. The van der Waals surface area contributed by atoms with Crippen molar-refractivity contribution in [1.82, 2.24) is 25.1 Å². The Morgan fingerprint density at radius 1 is 1.03 bits per heavy atom. The molecule has 1 atom stereocenters. The monoisotopic (exact) mass is 496 g/mol. The summed E-state index contributed by atoms with van der Waals surface area (Å²) in [5.74, 6) is 1.88. The van der Waals surface area contributed by atoms with Gasteiger partial charge in [0, 0.05) is 65.9 Å². The van der Waals surface area contributed by atoms with Crippen molar-refractivity contribution >= 4 is 40.1 Å². The highest BCUT2D eigenvalue weighted by Gasteiger charge is 2.53. The SMILES string of the molecule is COc1cc2[nH]nc(-c3cnc(N4CC5(CC5)C4)nc3)c2cc1O[C@H](C)c1c(Cl)cncc1Cl. The molecule has 1 aliphatic carbocycles. The van der Waals surface area contributed by atoms with Crippen molar-refractivity contribution in [3.63, 3.8) is 0 Å². The van der Waals surface area contributed by atoms with Crippen molar-refractivity contribution in [3.8, 4) is 22.8 Å². The van der Waals surface area contributed by atoms with Gasteiger partial charge in [0.15, 0.2) is 11.5 Å². The van der Waals surface area contributed by atoms with Crippen LogP contribution in [0.25, 0.3) is 22.2 Å². The second-order valence-electron chi connectivity index (χ2n) is 9.03. The Labute approximate surface area is 206 Å². The van der Waals surface area contributed by atoms with E-state index in [2.05, 4.69) is 30.0 Å². The number of ether oxygens (including phenoxy) is 2. The zero-order chi connectivity index (χ0) is 23.4. The van der Waals surface area contributed by atoms with Crippen LogP contribution in [0.1, 0.15) is 31.4 Å². The number of aromatic nitrogens is 5. The number of nitrogens with one attached hydrogen (secondary N) is 1. The van der Waals surface area contributed by atoms with Crippen LogP contribution in [0, 0.1) is 5.41 Å². The van der Waals surface area contributed by atoms with Gasteiger partial charge in [0.05, 0.1) is 22.7 Å². The molecule has 4 heterocycles. The zero-order valence-electron chi connectivity index (χ0n) is 18.7. The van der Waals surface area contributed by atoms with Crippen LogP contribution in [-0.4, -0.2) is 45.3 Å². The van der Waals surface area contributed by atoms with Gasteiger partial charge in [-0.2, -0.15) is 5.10 Å². The molecule has 34 heavy (non-hydrogen) atoms. The lowest BCUT2D eigenvalue weighted by Crippen LogP contribution is -2.49. The molecule has 1 spiro atoms. The van der Waals surface area contributed by atoms with E-state index in [9.17, 15) is 0 Å². The van der Waals surface area contributed by atoms with Gasteiger partial charge in [-0.3, -0.25) is 10.1 Å². The number of aromatic amines is 1. The maximum Gasteiger partial charge on any atom is 0.225 e. The summed E-state index contributed by atoms with van der Waals surface area (Å²) in [6, 6.07) is 3.75. The zero-order valence-corrected chi connectivity index (χ0v) is 20.2. The van der Waals surface area contributed by atoms with Crippen LogP contribution in [0.15, 0.2) is 36.9 Å². The standard InChI is InChI=1S/C24H22Cl2N6O2/c1-13(21-16(25)9-27-10-17(21)26)34-20-5-15-18(6-19(20)33-2)30-31-22(15)14-7-28-23(29-8-14)32-11-24(12-32)3-4-24/h5-10,13H,3-4,11-12H2,1-2H3,(H,30,31)/t13-/m1/s1. The summed E-state index contributed by atoms with van der Waals surface area (Å²) in [4.78, 5) is 15.4. The Kier molecular flexibility index (Phi) is 5.04. The molecule has 1 saturated carbocycles. The van der Waals surface area contributed by atoms with Crippen molar-refractivity contribution in [2.45, 2.75) is 25.9 Å². The predicted molar refractivity (Wildman–Crippen MR) is 131 cm³/mol. The molecule has 1 N–H and O–H groups in total. The van der Waals surface area contributed by atoms with Crippen LogP contribution < -0.4 is 14.4 Å². The van der Waals surface area contributed by atoms with Crippen LogP contribution in [-0.2, 0) is 0 Å². The van der Waals surface area contributed by atoms with Crippen molar-refractivity contribution in [2.75, 3.05) is 25.1 Å². The number of fused-ring (bicyclic) bond motifs is 1. The fourth-order valence-corrected chi connectivity index (χ4v) is 5.23. The van der Waals surface area contributed by atoms with Gasteiger partial charge < -0.3 is 14.4 Å². The first-order valence-corrected chi connectivity index (χ1v) is 11.8. The number of rotatable bonds is 6. The molecule has 3 aromatic heterocycles. The van der Waals surface area contributed by atoms with E-state index in [-0.39, 0.29) is 0 Å². The first-order valence-electron chi connectivity index (χ1n) is 11.1. The van der Waals surface area contributed by atoms with Crippen LogP contribution in [0.2, 0.25) is 10.0 Å². The van der Waals surface area contributed by atoms with Crippen molar-refractivity contribution < 1.29 is 9.47 Å². The fraction of sp³-hybridized carbons (Fsp3) is 0.333. The summed E-state index contributed by atoms with van der Waals surface area (Å²) in [7, 11) is 1.59. The van der Waals surface area contributed by atoms with Gasteiger partial charge in [-0.05, 0) is 25.8 Å². The van der Waals surface area contributed by atoms with Crippen molar-refractivity contribution in [1.29, 1.82) is 0 Å². The van der Waals surface area contributed by atoms with Crippen LogP contribution in [0.4, 0.5) is 5.95 Å². The predicted octanol–water partition coefficient (Wildman–Crippen LogP) is 5.47. The minimum atomic E-state index is -0.432. The van der Waals surface area contributed by atoms with E-state index in [1.54, 1.807) is 19.5 Å². The quantitative estimate of drug-likeness (QED) is 0.378. The maximum absolute atomic E-state index is 6.33. The lowest BCUT2D eigenvalue weighted by atomic mass is 9.98. The van der Waals surface area contributed by atoms with Crippen LogP contribution >= 0.6 is 23.2 Å². The number of H-pyrrole nitrogens is 1. The molecule has 0 amide bonds. The first kappa shape index (κ1) is 21.4. The van der Waals surface area contributed by atoms with Crippen LogP contribution in [0.5, 0.6) is 11.5 Å². The lowest BCUT2D eigenvalue weighted by molar-refractivity contribution is 0.216. The number of hydrogen-bond acceptors (Lipinski definition) is 7. The van der Waals surface area contributed by atoms with E-state index in [1.807, 2.05) is 31.5 Å². The van der Waals surface area contributed by atoms with Crippen LogP contribution in [0.3, 0.4) is 0 Å². The van der Waals surface area contributed by atoms with Crippen molar-refractivity contribution in [3.05, 3.63) is 52.5 Å². The molecule has 174 valence electrons. The number of anilines is 1. The van der Waals surface area contributed by atoms with Gasteiger partial charge in [0.2, 0.25) is 5.95 Å². The third-order valence-corrected chi connectivity index (χ3v) is 7.25. The van der Waals surface area contributed by atoms with Crippen molar-refractivity contribution in [2.24, 2.45) is 5.41 Å². The second-order valence-corrected chi connectivity index (χ2v) is 9.84. The smallest absolute Gasteiger partial charge is 0.225 e. The highest BCUT2D eigenvalue weighted by atomic mass is 35.5. The molecular formula is C24H22Cl2N6O2. The summed E-state index contributed by atoms with van der Waals surface area (Å²) in [5.41, 5.74) is 3.59. The maximum atomic E-state index is 6.33. The minimum Gasteiger partial charge on any atom is -0.493 e. The topological polar surface area (TPSA) is 89.1 Å². The largest absolute Gasteiger partial charge is 0.493 e. The molecule has 0 unspecified atom stereocenters. The van der Waals surface area contributed by atoms with E-state index < -0.39 is 6.10 Å². The average Bonchev–Trinajstić information content (AvgIpc) is 3.51.